The number of fused-ring (bicyclic) bond motifs is 4. The molecule has 0 unspecified atom stereocenters. The van der Waals surface area contributed by atoms with Crippen LogP contribution in [0.25, 0.3) is 77.5 Å². The van der Waals surface area contributed by atoms with Crippen molar-refractivity contribution in [3.8, 4) is 44.8 Å². The largest absolute Gasteiger partial charge is 0.500 e. The second-order valence-corrected chi connectivity index (χ2v) is 16.0. The molecule has 0 N–H and O–H groups in total. The van der Waals surface area contributed by atoms with E-state index in [4.69, 9.17) is 9.40 Å². The molecule has 0 saturated heterocycles. The van der Waals surface area contributed by atoms with Crippen LogP contribution in [-0.4, -0.2) is 15.0 Å². The van der Waals surface area contributed by atoms with Gasteiger partial charge in [-0.05, 0) is 100 Å². The molecule has 0 fully saturated rings. The number of hydrogen-bond donors (Lipinski definition) is 0. The number of rotatable bonds is 5. The fraction of sp³-hybridized carbons (Fsp3) is 0.173. The van der Waals surface area contributed by atoms with Crippen LogP contribution >= 0.6 is 0 Å². The van der Waals surface area contributed by atoms with Gasteiger partial charge in [-0.3, -0.25) is 4.98 Å². The van der Waals surface area contributed by atoms with E-state index >= 15 is 0 Å². The maximum absolute atomic E-state index is 6.80. The molecule has 9 aromatic rings. The summed E-state index contributed by atoms with van der Waals surface area (Å²) in [5.41, 5.74) is 16.5. The van der Waals surface area contributed by atoms with Crippen LogP contribution in [0.5, 0.6) is 0 Å². The maximum atomic E-state index is 6.80. The average molecular weight is 920 g/mol. The minimum Gasteiger partial charge on any atom is -0.500 e. The maximum Gasteiger partial charge on any atom is 0.129 e. The van der Waals surface area contributed by atoms with Crippen molar-refractivity contribution in [3.63, 3.8) is 0 Å². The van der Waals surface area contributed by atoms with Crippen LogP contribution in [-0.2, 0) is 26.5 Å². The van der Waals surface area contributed by atoms with Crippen LogP contribution in [0.2, 0.25) is 0 Å². The van der Waals surface area contributed by atoms with Gasteiger partial charge in [-0.1, -0.05) is 105 Å². The summed E-state index contributed by atoms with van der Waals surface area (Å²) in [6.07, 6.45) is 8.71. The molecule has 9 rings (SSSR count). The van der Waals surface area contributed by atoms with Crippen LogP contribution in [0.4, 0.5) is 0 Å². The quantitative estimate of drug-likeness (QED) is 0.161. The Balaban J connectivity index is 0.000000221. The van der Waals surface area contributed by atoms with Crippen molar-refractivity contribution in [2.75, 3.05) is 0 Å². The zero-order valence-electron chi connectivity index (χ0n) is 33.5. The third kappa shape index (κ3) is 8.23. The summed E-state index contributed by atoms with van der Waals surface area (Å²) < 4.78 is 6.80. The van der Waals surface area contributed by atoms with Crippen LogP contribution in [0.1, 0.15) is 48.6 Å². The third-order valence-electron chi connectivity index (χ3n) is 10.4. The average Bonchev–Trinajstić information content (AvgIpc) is 3.61. The van der Waals surface area contributed by atoms with E-state index < -0.39 is 0 Å². The molecule has 0 bridgehead atoms. The molecule has 1 radical (unpaired) electrons. The molecule has 0 spiro atoms. The van der Waals surface area contributed by atoms with Gasteiger partial charge in [0.05, 0.1) is 5.58 Å². The SMILES string of the molecule is Cc1c[c-]c(-c2ccc(CC(C)(C)C)cn2)cc1.Cc1cc2ccncc2c(-c2ccc(C)c3c2oc2c(-c4cc(-c5ccccc5)ccn4)[c-]ccc23)c1C.[Ir]. The van der Waals surface area contributed by atoms with Crippen molar-refractivity contribution in [2.24, 2.45) is 5.41 Å². The van der Waals surface area contributed by atoms with Gasteiger partial charge in [-0.2, -0.15) is 0 Å². The van der Waals surface area contributed by atoms with Gasteiger partial charge >= 0.3 is 0 Å². The Hall–Kier alpha value is -5.74. The van der Waals surface area contributed by atoms with Crippen molar-refractivity contribution in [2.45, 2.75) is 54.9 Å². The van der Waals surface area contributed by atoms with Gasteiger partial charge in [0.25, 0.3) is 0 Å². The van der Waals surface area contributed by atoms with Crippen molar-refractivity contribution < 1.29 is 24.5 Å². The molecule has 0 aliphatic rings. The summed E-state index contributed by atoms with van der Waals surface area (Å²) in [7, 11) is 0. The second kappa shape index (κ2) is 16.4. The molecule has 4 aromatic heterocycles. The molecular formula is C52H45IrN3O-2. The topological polar surface area (TPSA) is 51.8 Å². The summed E-state index contributed by atoms with van der Waals surface area (Å²) >= 11 is 0. The third-order valence-corrected chi connectivity index (χ3v) is 10.4. The number of benzene rings is 5. The van der Waals surface area contributed by atoms with Gasteiger partial charge in [0.2, 0.25) is 0 Å². The van der Waals surface area contributed by atoms with E-state index in [1.54, 1.807) is 0 Å². The van der Waals surface area contributed by atoms with Crippen LogP contribution < -0.4 is 0 Å². The van der Waals surface area contributed by atoms with Gasteiger partial charge in [0.15, 0.2) is 0 Å². The van der Waals surface area contributed by atoms with Crippen molar-refractivity contribution >= 4 is 32.7 Å². The van der Waals surface area contributed by atoms with Crippen LogP contribution in [0.15, 0.2) is 138 Å². The Morgan fingerprint density at radius 3 is 2.23 bits per heavy atom. The van der Waals surface area contributed by atoms with Crippen molar-refractivity contribution in [3.05, 3.63) is 174 Å². The summed E-state index contributed by atoms with van der Waals surface area (Å²) in [6, 6.07) is 44.4. The molecule has 285 valence electrons. The number of pyridine rings is 3. The van der Waals surface area contributed by atoms with Gasteiger partial charge < -0.3 is 14.4 Å². The Morgan fingerprint density at radius 2 is 1.49 bits per heavy atom. The molecule has 5 heteroatoms. The molecule has 0 aliphatic heterocycles. The molecule has 0 amide bonds. The van der Waals surface area contributed by atoms with Crippen molar-refractivity contribution in [1.82, 2.24) is 15.0 Å². The van der Waals surface area contributed by atoms with Gasteiger partial charge in [0.1, 0.15) is 5.58 Å². The molecule has 57 heavy (non-hydrogen) atoms. The zero-order chi connectivity index (χ0) is 39.0. The summed E-state index contributed by atoms with van der Waals surface area (Å²) in [6.45, 7) is 15.3. The Morgan fingerprint density at radius 1 is 0.667 bits per heavy atom. The minimum absolute atomic E-state index is 0. The number of aryl methyl sites for hydroxylation is 3. The molecule has 4 heterocycles. The normalized spacial score (nSPS) is 11.4. The van der Waals surface area contributed by atoms with Gasteiger partial charge in [-0.25, -0.2) is 0 Å². The van der Waals surface area contributed by atoms with E-state index in [1.807, 2.05) is 49.1 Å². The first-order valence-corrected chi connectivity index (χ1v) is 19.2. The predicted molar refractivity (Wildman–Crippen MR) is 233 cm³/mol. The number of aromatic nitrogens is 3. The van der Waals surface area contributed by atoms with Crippen LogP contribution in [0.3, 0.4) is 0 Å². The van der Waals surface area contributed by atoms with E-state index in [-0.39, 0.29) is 20.1 Å². The Labute approximate surface area is 349 Å². The molecule has 4 nitrogen and oxygen atoms in total. The predicted octanol–water partition coefficient (Wildman–Crippen LogP) is 13.7. The molecule has 5 aromatic carbocycles. The number of hydrogen-bond acceptors (Lipinski definition) is 4. The second-order valence-electron chi connectivity index (χ2n) is 16.0. The number of nitrogens with zero attached hydrogens (tertiary/aromatic N) is 3. The summed E-state index contributed by atoms with van der Waals surface area (Å²) in [5.74, 6) is 0. The first-order chi connectivity index (χ1) is 27.0. The van der Waals surface area contributed by atoms with E-state index in [1.165, 1.54) is 38.8 Å². The van der Waals surface area contributed by atoms with Crippen LogP contribution in [0, 0.1) is 45.2 Å². The molecule has 0 saturated carbocycles. The standard InChI is InChI=1S/C35H25N2O.C17H20N.Ir/c1-21-12-13-29(33-23(3)22(2)18-26-14-16-36-20-30(26)33)35-32(21)28-11-7-10-27(34(28)38-35)31-19-25(15-17-37-31)24-8-5-4-6-9-24;1-13-5-8-15(9-6-13)16-10-7-14(12-18-16)11-17(2,3)4;/h4-9,11-20H,1-3H3;5-8,10,12H,11H2,1-4H3;/q2*-1;. The monoisotopic (exact) mass is 920 g/mol. The van der Waals surface area contributed by atoms with E-state index in [0.717, 1.165) is 73.0 Å². The first-order valence-electron chi connectivity index (χ1n) is 19.2. The first kappa shape index (κ1) is 39.5. The van der Waals surface area contributed by atoms with E-state index in [9.17, 15) is 0 Å². The number of furan rings is 1. The van der Waals surface area contributed by atoms with Gasteiger partial charge in [0, 0.05) is 61.2 Å². The van der Waals surface area contributed by atoms with E-state index in [0.29, 0.717) is 5.41 Å². The molecule has 0 atom stereocenters. The summed E-state index contributed by atoms with van der Waals surface area (Å²) in [4.78, 5) is 13.7. The Kier molecular flexibility index (Phi) is 11.4. The molecule has 0 aliphatic carbocycles. The fourth-order valence-electron chi connectivity index (χ4n) is 7.57. The van der Waals surface area contributed by atoms with Crippen molar-refractivity contribution in [1.29, 1.82) is 0 Å². The smallest absolute Gasteiger partial charge is 0.129 e. The Bertz CT molecular complexity index is 2830. The molecular weight excluding hydrogens is 875 g/mol. The van der Waals surface area contributed by atoms with Gasteiger partial charge in [-0.15, -0.1) is 53.6 Å². The zero-order valence-corrected chi connectivity index (χ0v) is 35.9. The fourth-order valence-corrected chi connectivity index (χ4v) is 7.57. The van der Waals surface area contributed by atoms with E-state index in [2.05, 4.69) is 155 Å². The minimum atomic E-state index is 0. The summed E-state index contributed by atoms with van der Waals surface area (Å²) in [5, 5.41) is 4.52.